The summed E-state index contributed by atoms with van der Waals surface area (Å²) in [5, 5.41) is 2.38. The van der Waals surface area contributed by atoms with Crippen molar-refractivity contribution < 1.29 is 14.3 Å². The van der Waals surface area contributed by atoms with E-state index in [-0.39, 0.29) is 5.91 Å². The maximum atomic E-state index is 12.2. The zero-order valence-corrected chi connectivity index (χ0v) is 24.4. The Morgan fingerprint density at radius 3 is 2.63 bits per heavy atom. The molecule has 0 aliphatic carbocycles. The zero-order valence-electron chi connectivity index (χ0n) is 24.4. The molecule has 3 aromatic rings. The molecule has 216 valence electrons. The maximum absolute atomic E-state index is 12.2. The highest BCUT2D eigenvalue weighted by molar-refractivity contribution is 5.98. The van der Waals surface area contributed by atoms with E-state index in [4.69, 9.17) is 19.4 Å². The van der Waals surface area contributed by atoms with Crippen molar-refractivity contribution in [2.75, 3.05) is 69.8 Å². The predicted octanol–water partition coefficient (Wildman–Crippen LogP) is 3.82. The van der Waals surface area contributed by atoms with Crippen LogP contribution in [0.2, 0.25) is 0 Å². The fourth-order valence-corrected chi connectivity index (χ4v) is 6.56. The molecule has 0 saturated carbocycles. The van der Waals surface area contributed by atoms with E-state index in [0.29, 0.717) is 38.3 Å². The van der Waals surface area contributed by atoms with Gasteiger partial charge in [-0.3, -0.25) is 4.79 Å². The van der Waals surface area contributed by atoms with Crippen molar-refractivity contribution in [2.24, 2.45) is 0 Å². The number of aromatic nitrogens is 2. The van der Waals surface area contributed by atoms with Crippen molar-refractivity contribution in [2.45, 2.75) is 38.8 Å². The van der Waals surface area contributed by atoms with Gasteiger partial charge in [-0.2, -0.15) is 9.97 Å². The number of nitrogens with zero attached hydrogens (tertiary/aromatic N) is 6. The smallest absolute Gasteiger partial charge is 0.318 e. The van der Waals surface area contributed by atoms with Gasteiger partial charge in [-0.25, -0.2) is 0 Å². The van der Waals surface area contributed by atoms with Crippen LogP contribution in [-0.2, 0) is 17.8 Å². The molecule has 4 heterocycles. The van der Waals surface area contributed by atoms with Gasteiger partial charge in [0.15, 0.2) is 0 Å². The number of likely N-dealkylation sites (tertiary alicyclic amines) is 1. The van der Waals surface area contributed by atoms with Gasteiger partial charge in [0.2, 0.25) is 5.91 Å². The van der Waals surface area contributed by atoms with Gasteiger partial charge in [0.25, 0.3) is 0 Å². The predicted molar refractivity (Wildman–Crippen MR) is 162 cm³/mol. The minimum Gasteiger partial charge on any atom is -0.496 e. The van der Waals surface area contributed by atoms with Crippen LogP contribution in [0, 0.1) is 6.92 Å². The summed E-state index contributed by atoms with van der Waals surface area (Å²) in [6.45, 7) is 11.7. The minimum absolute atomic E-state index is 0.0180. The van der Waals surface area contributed by atoms with E-state index in [9.17, 15) is 4.79 Å². The molecule has 2 aromatic carbocycles. The Labute approximate surface area is 242 Å². The number of hydrogen-bond donors (Lipinski definition) is 0. The van der Waals surface area contributed by atoms with Crippen molar-refractivity contribution in [3.8, 4) is 11.8 Å². The first kappa shape index (κ1) is 27.3. The largest absolute Gasteiger partial charge is 0.496 e. The summed E-state index contributed by atoms with van der Waals surface area (Å²) in [5.41, 5.74) is 4.51. The van der Waals surface area contributed by atoms with E-state index in [2.05, 4.69) is 65.6 Å². The molecule has 2 fully saturated rings. The average Bonchev–Trinajstić information content (AvgIpc) is 3.43. The number of rotatable bonds is 7. The number of methoxy groups -OCH3 is 1. The van der Waals surface area contributed by atoms with Gasteiger partial charge in [0.05, 0.1) is 25.0 Å². The van der Waals surface area contributed by atoms with E-state index >= 15 is 0 Å². The summed E-state index contributed by atoms with van der Waals surface area (Å²) in [6.07, 6.45) is 4.54. The number of fused-ring (bicyclic) bond motifs is 2. The lowest BCUT2D eigenvalue weighted by Crippen LogP contribution is -2.49. The third kappa shape index (κ3) is 5.30. The van der Waals surface area contributed by atoms with Gasteiger partial charge < -0.3 is 29.1 Å². The molecular weight excluding hydrogens is 516 g/mol. The first-order chi connectivity index (χ1) is 20.0. The molecule has 6 rings (SSSR count). The molecule has 0 bridgehead atoms. The van der Waals surface area contributed by atoms with Crippen molar-refractivity contribution in [3.63, 3.8) is 0 Å². The highest BCUT2D eigenvalue weighted by Gasteiger charge is 2.30. The van der Waals surface area contributed by atoms with E-state index in [0.717, 1.165) is 67.2 Å². The number of amides is 1. The summed E-state index contributed by atoms with van der Waals surface area (Å²) in [7, 11) is 3.89. The van der Waals surface area contributed by atoms with Crippen molar-refractivity contribution >= 4 is 28.2 Å². The van der Waals surface area contributed by atoms with Gasteiger partial charge in [-0.05, 0) is 57.3 Å². The molecular formula is C32H40N6O3. The number of anilines is 2. The summed E-state index contributed by atoms with van der Waals surface area (Å²) in [6, 6.07) is 11.4. The normalized spacial score (nSPS) is 19.4. The van der Waals surface area contributed by atoms with Crippen LogP contribution < -0.4 is 19.3 Å². The Hall–Kier alpha value is -3.85. The van der Waals surface area contributed by atoms with E-state index in [1.54, 1.807) is 7.11 Å². The highest BCUT2D eigenvalue weighted by atomic mass is 16.5. The van der Waals surface area contributed by atoms with Crippen molar-refractivity contribution in [1.82, 2.24) is 19.8 Å². The second-order valence-electron chi connectivity index (χ2n) is 11.3. The monoisotopic (exact) mass is 556 g/mol. The molecule has 1 aromatic heterocycles. The van der Waals surface area contributed by atoms with Crippen LogP contribution in [0.5, 0.6) is 11.8 Å². The van der Waals surface area contributed by atoms with Gasteiger partial charge in [-0.15, -0.1) is 0 Å². The summed E-state index contributed by atoms with van der Waals surface area (Å²) in [4.78, 5) is 31.1. The molecule has 0 radical (unpaired) electrons. The Morgan fingerprint density at radius 2 is 1.90 bits per heavy atom. The van der Waals surface area contributed by atoms with Crippen molar-refractivity contribution in [3.05, 3.63) is 59.8 Å². The van der Waals surface area contributed by atoms with Gasteiger partial charge >= 0.3 is 6.01 Å². The number of ether oxygens (including phenoxy) is 2. The van der Waals surface area contributed by atoms with Crippen LogP contribution in [-0.4, -0.2) is 91.7 Å². The van der Waals surface area contributed by atoms with E-state index in [1.165, 1.54) is 29.1 Å². The second kappa shape index (κ2) is 11.6. The van der Waals surface area contributed by atoms with Crippen LogP contribution in [0.25, 0.3) is 10.8 Å². The van der Waals surface area contributed by atoms with Crippen LogP contribution in [0.3, 0.4) is 0 Å². The quantitative estimate of drug-likeness (QED) is 0.407. The Morgan fingerprint density at radius 1 is 1.10 bits per heavy atom. The topological polar surface area (TPSA) is 74.3 Å². The Kier molecular flexibility index (Phi) is 7.71. The molecule has 9 nitrogen and oxygen atoms in total. The minimum atomic E-state index is -0.0180. The first-order valence-corrected chi connectivity index (χ1v) is 14.7. The van der Waals surface area contributed by atoms with Crippen LogP contribution in [0.15, 0.2) is 43.0 Å². The third-order valence-electron chi connectivity index (χ3n) is 8.93. The summed E-state index contributed by atoms with van der Waals surface area (Å²) in [5.74, 6) is 1.82. The van der Waals surface area contributed by atoms with Crippen LogP contribution in [0.4, 0.5) is 11.5 Å². The molecule has 3 aliphatic heterocycles. The lowest BCUT2D eigenvalue weighted by molar-refractivity contribution is -0.126. The molecule has 3 aliphatic rings. The molecule has 0 spiro atoms. The van der Waals surface area contributed by atoms with Gasteiger partial charge in [-0.1, -0.05) is 30.8 Å². The van der Waals surface area contributed by atoms with Gasteiger partial charge in [0.1, 0.15) is 18.2 Å². The molecule has 0 unspecified atom stereocenters. The van der Waals surface area contributed by atoms with Gasteiger partial charge in [0, 0.05) is 55.3 Å². The molecule has 1 atom stereocenters. The fourth-order valence-electron chi connectivity index (χ4n) is 6.56. The average molecular weight is 557 g/mol. The van der Waals surface area contributed by atoms with Crippen LogP contribution >= 0.6 is 0 Å². The number of carbonyl (C=O) groups excluding carboxylic acids is 1. The SMILES string of the molecule is C=CC(=O)N1CCN(c2nc(OC[C@@H]3CCCN3C)nc3c2CCN(c2c(C)c(OC)cc4ccccc24)C3)CC1. The van der Waals surface area contributed by atoms with Crippen molar-refractivity contribution in [1.29, 1.82) is 0 Å². The second-order valence-corrected chi connectivity index (χ2v) is 11.3. The van der Waals surface area contributed by atoms with E-state index in [1.807, 2.05) is 4.90 Å². The maximum Gasteiger partial charge on any atom is 0.318 e. The summed E-state index contributed by atoms with van der Waals surface area (Å²) >= 11 is 0. The number of piperazine rings is 1. The zero-order chi connectivity index (χ0) is 28.5. The van der Waals surface area contributed by atoms with E-state index < -0.39 is 0 Å². The fraction of sp³-hybridized carbons (Fsp3) is 0.469. The third-order valence-corrected chi connectivity index (χ3v) is 8.93. The summed E-state index contributed by atoms with van der Waals surface area (Å²) < 4.78 is 12.1. The Balaban J connectivity index is 1.34. The molecule has 9 heteroatoms. The standard InChI is InChI=1S/C32H40N6O3/c1-5-29(39)36-15-17-37(18-16-36)31-26-12-14-38(30-22(2)28(40-4)19-23-9-6-7-11-25(23)30)20-27(26)33-32(34-31)41-21-24-10-8-13-35(24)3/h5-7,9,11,19,24H,1,8,10,12-18,20-21H2,2-4H3/t24-/m0/s1. The molecule has 2 saturated heterocycles. The lowest BCUT2D eigenvalue weighted by Gasteiger charge is -2.38. The first-order valence-electron chi connectivity index (χ1n) is 14.7. The molecule has 41 heavy (non-hydrogen) atoms. The Bertz CT molecular complexity index is 1450. The number of carbonyl (C=O) groups is 1. The highest BCUT2D eigenvalue weighted by Crippen LogP contribution is 2.40. The van der Waals surface area contributed by atoms with Crippen LogP contribution in [0.1, 0.15) is 29.7 Å². The lowest BCUT2D eigenvalue weighted by atomic mass is 9.98. The number of hydrogen-bond acceptors (Lipinski definition) is 8. The number of benzene rings is 2. The number of likely N-dealkylation sites (N-methyl/N-ethyl adjacent to an activating group) is 1. The molecule has 1 amide bonds. The molecule has 0 N–H and O–H groups in total.